The summed E-state index contributed by atoms with van der Waals surface area (Å²) in [5, 5.41) is 6.61. The number of aryl methyl sites for hydroxylation is 1. The Bertz CT molecular complexity index is 945. The van der Waals surface area contributed by atoms with Crippen molar-refractivity contribution >= 4 is 39.4 Å². The zero-order valence-electron chi connectivity index (χ0n) is 17.6. The number of ether oxygens (including phenoxy) is 1. The molecule has 3 rings (SSSR count). The second kappa shape index (κ2) is 11.5. The molecule has 2 aromatic rings. The summed E-state index contributed by atoms with van der Waals surface area (Å²) in [5.41, 5.74) is 8.28. The normalized spacial score (nSPS) is 16.7. The van der Waals surface area contributed by atoms with Gasteiger partial charge in [0, 0.05) is 21.6 Å². The number of carbonyl (C=O) groups excluding carboxylic acids is 1. The molecule has 1 saturated heterocycles. The van der Waals surface area contributed by atoms with Crippen LogP contribution in [0, 0.1) is 5.92 Å². The summed E-state index contributed by atoms with van der Waals surface area (Å²) in [5.74, 6) is 1.08. The standard InChI is InChI=1S/C23H28BrClN4O2/c1-31-21-10-8-17(24)12-16(21)7-9-18-19(5-2-6-20(18)25)22(30)29-23(26)28-14-15-4-3-11-27-13-15/h2,5-6,8,10,12,15,27H,3-4,7,9,11,13-14H2,1H3,(H3,26,28,29,30). The monoisotopic (exact) mass is 506 g/mol. The third-order valence-corrected chi connectivity index (χ3v) is 6.26. The number of piperidine rings is 1. The zero-order chi connectivity index (χ0) is 22.2. The van der Waals surface area contributed by atoms with Gasteiger partial charge >= 0.3 is 0 Å². The fourth-order valence-electron chi connectivity index (χ4n) is 3.76. The van der Waals surface area contributed by atoms with Gasteiger partial charge in [0.25, 0.3) is 5.91 Å². The molecule has 8 heteroatoms. The Hall–Kier alpha value is -2.09. The fourth-order valence-corrected chi connectivity index (χ4v) is 4.44. The number of carbonyl (C=O) groups is 1. The maximum Gasteiger partial charge on any atom is 0.258 e. The molecule has 1 heterocycles. The first-order chi connectivity index (χ1) is 15.0. The lowest BCUT2D eigenvalue weighted by molar-refractivity contribution is 0.0975. The van der Waals surface area contributed by atoms with Crippen molar-refractivity contribution < 1.29 is 9.53 Å². The van der Waals surface area contributed by atoms with Crippen LogP contribution in [0.5, 0.6) is 5.75 Å². The molecular weight excluding hydrogens is 480 g/mol. The number of halogens is 2. The van der Waals surface area contributed by atoms with Gasteiger partial charge < -0.3 is 15.8 Å². The first-order valence-corrected chi connectivity index (χ1v) is 11.6. The van der Waals surface area contributed by atoms with Gasteiger partial charge in [-0.05, 0) is 86.1 Å². The number of nitrogens with two attached hydrogens (primary N) is 1. The van der Waals surface area contributed by atoms with Crippen molar-refractivity contribution in [2.45, 2.75) is 25.7 Å². The highest BCUT2D eigenvalue weighted by Gasteiger charge is 2.17. The van der Waals surface area contributed by atoms with Gasteiger partial charge in [-0.25, -0.2) is 0 Å². The van der Waals surface area contributed by atoms with E-state index in [1.165, 1.54) is 0 Å². The topological polar surface area (TPSA) is 88.7 Å². The molecular formula is C23H28BrClN4O2. The van der Waals surface area contributed by atoms with Crippen LogP contribution < -0.4 is 21.1 Å². The maximum atomic E-state index is 12.9. The fraction of sp³-hybridized carbons (Fsp3) is 0.391. The predicted octanol–water partition coefficient (Wildman–Crippen LogP) is 3.94. The van der Waals surface area contributed by atoms with Gasteiger partial charge in [-0.2, -0.15) is 0 Å². The van der Waals surface area contributed by atoms with Crippen molar-refractivity contribution in [3.63, 3.8) is 0 Å². The number of nitrogens with zero attached hydrogens (tertiary/aromatic N) is 1. The smallest absolute Gasteiger partial charge is 0.258 e. The SMILES string of the molecule is COc1ccc(Br)cc1CCc1c(Cl)cccc1C(=O)NC(N)=NCC1CCCNC1. The molecule has 1 unspecified atom stereocenters. The summed E-state index contributed by atoms with van der Waals surface area (Å²) in [6.45, 7) is 2.59. The summed E-state index contributed by atoms with van der Waals surface area (Å²) < 4.78 is 6.43. The highest BCUT2D eigenvalue weighted by atomic mass is 79.9. The van der Waals surface area contributed by atoms with E-state index in [9.17, 15) is 4.79 Å². The molecule has 0 radical (unpaired) electrons. The van der Waals surface area contributed by atoms with Crippen LogP contribution in [-0.4, -0.2) is 38.6 Å². The third-order valence-electron chi connectivity index (χ3n) is 5.41. The number of hydrogen-bond acceptors (Lipinski definition) is 4. The number of aliphatic imine (C=N–C) groups is 1. The lowest BCUT2D eigenvalue weighted by Gasteiger charge is -2.21. The maximum absolute atomic E-state index is 12.9. The van der Waals surface area contributed by atoms with Crippen LogP contribution >= 0.6 is 27.5 Å². The van der Waals surface area contributed by atoms with E-state index < -0.39 is 0 Å². The molecule has 4 N–H and O–H groups in total. The number of rotatable bonds is 7. The van der Waals surface area contributed by atoms with Gasteiger partial charge in [-0.1, -0.05) is 33.6 Å². The van der Waals surface area contributed by atoms with Crippen LogP contribution in [-0.2, 0) is 12.8 Å². The molecule has 0 spiro atoms. The average Bonchev–Trinajstić information content (AvgIpc) is 2.77. The van der Waals surface area contributed by atoms with Crippen molar-refractivity contribution in [2.24, 2.45) is 16.6 Å². The summed E-state index contributed by atoms with van der Waals surface area (Å²) in [6, 6.07) is 11.2. The van der Waals surface area contributed by atoms with E-state index in [4.69, 9.17) is 22.1 Å². The Balaban J connectivity index is 1.69. The molecule has 0 aliphatic carbocycles. The third kappa shape index (κ3) is 6.69. The quantitative estimate of drug-likeness (QED) is 0.391. The minimum absolute atomic E-state index is 0.134. The molecule has 1 fully saturated rings. The van der Waals surface area contributed by atoms with Gasteiger partial charge in [0.2, 0.25) is 0 Å². The van der Waals surface area contributed by atoms with E-state index in [-0.39, 0.29) is 11.9 Å². The van der Waals surface area contributed by atoms with Crippen molar-refractivity contribution in [2.75, 3.05) is 26.7 Å². The van der Waals surface area contributed by atoms with Crippen molar-refractivity contribution in [3.8, 4) is 5.75 Å². The first kappa shape index (κ1) is 23.6. The van der Waals surface area contributed by atoms with E-state index >= 15 is 0 Å². The molecule has 0 bridgehead atoms. The molecule has 166 valence electrons. The van der Waals surface area contributed by atoms with E-state index in [1.807, 2.05) is 18.2 Å². The number of methoxy groups -OCH3 is 1. The second-order valence-corrected chi connectivity index (χ2v) is 8.94. The summed E-state index contributed by atoms with van der Waals surface area (Å²) >= 11 is 9.95. The summed E-state index contributed by atoms with van der Waals surface area (Å²) in [7, 11) is 1.65. The molecule has 31 heavy (non-hydrogen) atoms. The predicted molar refractivity (Wildman–Crippen MR) is 129 cm³/mol. The van der Waals surface area contributed by atoms with Crippen LogP contribution in [0.2, 0.25) is 5.02 Å². The highest BCUT2D eigenvalue weighted by molar-refractivity contribution is 9.10. The Morgan fingerprint density at radius 3 is 2.94 bits per heavy atom. The second-order valence-electron chi connectivity index (χ2n) is 7.61. The highest BCUT2D eigenvalue weighted by Crippen LogP contribution is 2.27. The Kier molecular flexibility index (Phi) is 8.75. The lowest BCUT2D eigenvalue weighted by Crippen LogP contribution is -2.38. The molecule has 1 amide bonds. The number of benzene rings is 2. The molecule has 1 aliphatic heterocycles. The van der Waals surface area contributed by atoms with Crippen LogP contribution in [0.3, 0.4) is 0 Å². The van der Waals surface area contributed by atoms with E-state index in [2.05, 4.69) is 31.6 Å². The zero-order valence-corrected chi connectivity index (χ0v) is 19.9. The first-order valence-electron chi connectivity index (χ1n) is 10.4. The van der Waals surface area contributed by atoms with Crippen LogP contribution in [0.1, 0.15) is 34.3 Å². The molecule has 6 nitrogen and oxygen atoms in total. The van der Waals surface area contributed by atoms with Crippen LogP contribution in [0.15, 0.2) is 45.9 Å². The molecule has 1 aliphatic rings. The number of amides is 1. The van der Waals surface area contributed by atoms with Crippen molar-refractivity contribution in [1.29, 1.82) is 0 Å². The summed E-state index contributed by atoms with van der Waals surface area (Å²) in [4.78, 5) is 17.3. The van der Waals surface area contributed by atoms with E-state index in [1.54, 1.807) is 25.3 Å². The molecule has 0 saturated carbocycles. The Labute approximate surface area is 196 Å². The minimum Gasteiger partial charge on any atom is -0.496 e. The van der Waals surface area contributed by atoms with E-state index in [0.29, 0.717) is 35.9 Å². The van der Waals surface area contributed by atoms with Gasteiger partial charge in [0.1, 0.15) is 5.75 Å². The summed E-state index contributed by atoms with van der Waals surface area (Å²) in [6.07, 6.45) is 3.52. The van der Waals surface area contributed by atoms with Crippen LogP contribution in [0.4, 0.5) is 0 Å². The molecule has 0 aromatic heterocycles. The average molecular weight is 508 g/mol. The number of guanidine groups is 1. The van der Waals surface area contributed by atoms with E-state index in [0.717, 1.165) is 47.3 Å². The minimum atomic E-state index is -0.304. The largest absolute Gasteiger partial charge is 0.496 e. The van der Waals surface area contributed by atoms with Crippen molar-refractivity contribution in [3.05, 3.63) is 62.6 Å². The molecule has 1 atom stereocenters. The number of hydrogen-bond donors (Lipinski definition) is 3. The van der Waals surface area contributed by atoms with Crippen molar-refractivity contribution in [1.82, 2.24) is 10.6 Å². The Morgan fingerprint density at radius 2 is 2.19 bits per heavy atom. The van der Waals surface area contributed by atoms with Crippen LogP contribution in [0.25, 0.3) is 0 Å². The van der Waals surface area contributed by atoms with Gasteiger partial charge in [-0.15, -0.1) is 0 Å². The van der Waals surface area contributed by atoms with Gasteiger partial charge in [0.05, 0.1) is 7.11 Å². The lowest BCUT2D eigenvalue weighted by atomic mass is 9.98. The van der Waals surface area contributed by atoms with Gasteiger partial charge in [-0.3, -0.25) is 15.1 Å². The Morgan fingerprint density at radius 1 is 1.35 bits per heavy atom. The molecule has 2 aromatic carbocycles. The number of nitrogens with one attached hydrogen (secondary N) is 2. The van der Waals surface area contributed by atoms with Gasteiger partial charge in [0.15, 0.2) is 5.96 Å².